The van der Waals surface area contributed by atoms with E-state index in [2.05, 4.69) is 0 Å². The molecule has 2 aromatic carbocycles. The first-order valence-corrected chi connectivity index (χ1v) is 9.91. The molecule has 2 aliphatic rings. The molecule has 0 unspecified atom stereocenters. The first kappa shape index (κ1) is 19.9. The average molecular weight is 398 g/mol. The molecular weight excluding hydrogens is 372 g/mol. The summed E-state index contributed by atoms with van der Waals surface area (Å²) in [4.78, 5) is 12.7. The second-order valence-electron chi connectivity index (χ2n) is 7.66. The predicted molar refractivity (Wildman–Crippen MR) is 107 cm³/mol. The predicted octanol–water partition coefficient (Wildman–Crippen LogP) is 2.28. The van der Waals surface area contributed by atoms with E-state index in [1.54, 1.807) is 7.11 Å². The number of Topliss-reactive ketones (excluding diaryl/α,β-unsaturated/α-hetero) is 1. The molecule has 3 atom stereocenters. The second-order valence-corrected chi connectivity index (χ2v) is 7.66. The molecule has 1 saturated heterocycles. The maximum Gasteiger partial charge on any atom is 0.194 e. The summed E-state index contributed by atoms with van der Waals surface area (Å²) in [6.45, 7) is 2.29. The summed E-state index contributed by atoms with van der Waals surface area (Å²) in [5.74, 6) is 1.24. The van der Waals surface area contributed by atoms with Gasteiger partial charge in [-0.2, -0.15) is 0 Å². The zero-order valence-electron chi connectivity index (χ0n) is 16.7. The van der Waals surface area contributed by atoms with Crippen molar-refractivity contribution in [1.82, 2.24) is 0 Å². The van der Waals surface area contributed by atoms with Crippen molar-refractivity contribution < 1.29 is 29.2 Å². The lowest BCUT2D eigenvalue weighted by molar-refractivity contribution is -0.161. The summed E-state index contributed by atoms with van der Waals surface area (Å²) in [5.41, 5.74) is 4.93. The number of ether oxygens (including phenoxy) is 3. The van der Waals surface area contributed by atoms with E-state index >= 15 is 0 Å². The van der Waals surface area contributed by atoms with Crippen LogP contribution in [-0.4, -0.2) is 48.5 Å². The number of aliphatic hydroxyl groups excluding tert-OH is 2. The standard InChI is InChI=1S/C23H26O6/c1-13-19(23-21(26)20(25)11-17(12-24)29-23)10-15(18-7-8-28-22(13)18)9-14-3-5-16(27-2)6-4-14/h3-6,10,17,20,23-25H,7-9,11-12H2,1-2H3/t17-,20-,23-/m0/s1. The van der Waals surface area contributed by atoms with Crippen molar-refractivity contribution in [3.8, 4) is 11.5 Å². The summed E-state index contributed by atoms with van der Waals surface area (Å²) in [6.07, 6.45) is -0.972. The summed E-state index contributed by atoms with van der Waals surface area (Å²) in [5, 5.41) is 19.7. The van der Waals surface area contributed by atoms with Crippen molar-refractivity contribution in [3.63, 3.8) is 0 Å². The molecule has 1 fully saturated rings. The van der Waals surface area contributed by atoms with Gasteiger partial charge in [0, 0.05) is 18.4 Å². The summed E-state index contributed by atoms with van der Waals surface area (Å²) in [6, 6.07) is 9.90. The van der Waals surface area contributed by atoms with Crippen LogP contribution < -0.4 is 9.47 Å². The van der Waals surface area contributed by atoms with Crippen LogP contribution in [0.5, 0.6) is 11.5 Å². The van der Waals surface area contributed by atoms with E-state index in [1.165, 1.54) is 0 Å². The van der Waals surface area contributed by atoms with Gasteiger partial charge in [0.05, 0.1) is 26.4 Å². The van der Waals surface area contributed by atoms with Crippen LogP contribution in [0.1, 0.15) is 40.3 Å². The molecule has 0 radical (unpaired) electrons. The van der Waals surface area contributed by atoms with E-state index < -0.39 is 18.3 Å². The highest BCUT2D eigenvalue weighted by atomic mass is 16.5. The Balaban J connectivity index is 1.73. The number of rotatable bonds is 5. The fourth-order valence-electron chi connectivity index (χ4n) is 4.20. The smallest absolute Gasteiger partial charge is 0.194 e. The van der Waals surface area contributed by atoms with Gasteiger partial charge in [0.1, 0.15) is 23.7 Å². The van der Waals surface area contributed by atoms with Gasteiger partial charge in [-0.3, -0.25) is 4.79 Å². The summed E-state index contributed by atoms with van der Waals surface area (Å²) >= 11 is 0. The number of fused-ring (bicyclic) bond motifs is 1. The van der Waals surface area contributed by atoms with Gasteiger partial charge in [-0.1, -0.05) is 18.2 Å². The largest absolute Gasteiger partial charge is 0.497 e. The van der Waals surface area contributed by atoms with Crippen molar-refractivity contribution in [2.75, 3.05) is 20.3 Å². The quantitative estimate of drug-likeness (QED) is 0.804. The lowest BCUT2D eigenvalue weighted by Gasteiger charge is -2.32. The molecule has 0 bridgehead atoms. The highest BCUT2D eigenvalue weighted by molar-refractivity contribution is 5.89. The number of hydrogen-bond acceptors (Lipinski definition) is 6. The Kier molecular flexibility index (Phi) is 5.58. The van der Waals surface area contributed by atoms with Gasteiger partial charge >= 0.3 is 0 Å². The Morgan fingerprint density at radius 1 is 1.24 bits per heavy atom. The highest BCUT2D eigenvalue weighted by Crippen LogP contribution is 2.40. The topological polar surface area (TPSA) is 85.2 Å². The van der Waals surface area contributed by atoms with Gasteiger partial charge in [0.2, 0.25) is 0 Å². The third-order valence-corrected chi connectivity index (χ3v) is 5.80. The number of methoxy groups -OCH3 is 1. The van der Waals surface area contributed by atoms with Gasteiger partial charge in [0.15, 0.2) is 5.78 Å². The number of benzene rings is 2. The fraction of sp³-hybridized carbons (Fsp3) is 0.435. The van der Waals surface area contributed by atoms with Gasteiger partial charge in [-0.05, 0) is 47.7 Å². The molecule has 2 aliphatic heterocycles. The molecule has 6 heteroatoms. The second kappa shape index (κ2) is 8.14. The van der Waals surface area contributed by atoms with Crippen molar-refractivity contribution in [2.24, 2.45) is 0 Å². The van der Waals surface area contributed by atoms with E-state index in [9.17, 15) is 15.0 Å². The molecule has 6 nitrogen and oxygen atoms in total. The molecule has 0 saturated carbocycles. The lowest BCUT2D eigenvalue weighted by Crippen LogP contribution is -2.41. The van der Waals surface area contributed by atoms with Crippen LogP contribution in [0.3, 0.4) is 0 Å². The summed E-state index contributed by atoms with van der Waals surface area (Å²) in [7, 11) is 1.64. The maximum absolute atomic E-state index is 12.7. The van der Waals surface area contributed by atoms with Crippen LogP contribution in [0, 0.1) is 6.92 Å². The Morgan fingerprint density at radius 2 is 2.00 bits per heavy atom. The number of aliphatic hydroxyl groups is 2. The number of hydrogen-bond donors (Lipinski definition) is 2. The van der Waals surface area contributed by atoms with E-state index in [0.717, 1.165) is 40.2 Å². The third kappa shape index (κ3) is 3.75. The van der Waals surface area contributed by atoms with Crippen LogP contribution in [0.15, 0.2) is 30.3 Å². The van der Waals surface area contributed by atoms with Crippen molar-refractivity contribution in [1.29, 1.82) is 0 Å². The fourth-order valence-corrected chi connectivity index (χ4v) is 4.20. The maximum atomic E-state index is 12.7. The number of ketones is 1. The molecule has 2 aromatic rings. The molecule has 4 rings (SSSR count). The van der Waals surface area contributed by atoms with Gasteiger partial charge in [-0.15, -0.1) is 0 Å². The minimum atomic E-state index is -1.13. The third-order valence-electron chi connectivity index (χ3n) is 5.80. The number of carbonyl (C=O) groups is 1. The average Bonchev–Trinajstić information content (AvgIpc) is 3.23. The first-order chi connectivity index (χ1) is 14.0. The number of carbonyl (C=O) groups excluding carboxylic acids is 1. The van der Waals surface area contributed by atoms with E-state index in [4.69, 9.17) is 14.2 Å². The molecule has 0 aromatic heterocycles. The first-order valence-electron chi connectivity index (χ1n) is 9.91. The van der Waals surface area contributed by atoms with Crippen LogP contribution in [-0.2, 0) is 22.4 Å². The highest BCUT2D eigenvalue weighted by Gasteiger charge is 2.39. The zero-order chi connectivity index (χ0) is 20.5. The normalized spacial score (nSPS) is 23.6. The van der Waals surface area contributed by atoms with Crippen LogP contribution >= 0.6 is 0 Å². The van der Waals surface area contributed by atoms with Crippen LogP contribution in [0.2, 0.25) is 0 Å². The minimum absolute atomic E-state index is 0.116. The molecular formula is C23H26O6. The molecule has 154 valence electrons. The lowest BCUT2D eigenvalue weighted by atomic mass is 9.87. The molecule has 0 aliphatic carbocycles. The van der Waals surface area contributed by atoms with Crippen molar-refractivity contribution >= 4 is 5.78 Å². The Hall–Kier alpha value is -2.41. The van der Waals surface area contributed by atoms with E-state index in [0.29, 0.717) is 18.6 Å². The molecule has 0 amide bonds. The van der Waals surface area contributed by atoms with Crippen LogP contribution in [0.25, 0.3) is 0 Å². The van der Waals surface area contributed by atoms with Gasteiger partial charge < -0.3 is 24.4 Å². The van der Waals surface area contributed by atoms with E-state index in [1.807, 2.05) is 37.3 Å². The summed E-state index contributed by atoms with van der Waals surface area (Å²) < 4.78 is 17.0. The van der Waals surface area contributed by atoms with Gasteiger partial charge in [0.25, 0.3) is 0 Å². The van der Waals surface area contributed by atoms with Gasteiger partial charge in [-0.25, -0.2) is 0 Å². The Bertz CT molecular complexity index is 905. The molecule has 2 N–H and O–H groups in total. The monoisotopic (exact) mass is 398 g/mol. The molecule has 2 heterocycles. The Labute approximate surface area is 170 Å². The van der Waals surface area contributed by atoms with Crippen molar-refractivity contribution in [3.05, 3.63) is 58.1 Å². The van der Waals surface area contributed by atoms with Crippen LogP contribution in [0.4, 0.5) is 0 Å². The zero-order valence-corrected chi connectivity index (χ0v) is 16.7. The SMILES string of the molecule is COc1ccc(Cc2cc([C@@H]3O[C@H](CO)C[C@H](O)C3=O)c(C)c3c2CCO3)cc1. The molecule has 29 heavy (non-hydrogen) atoms. The van der Waals surface area contributed by atoms with Crippen molar-refractivity contribution in [2.45, 2.75) is 44.5 Å². The molecule has 0 spiro atoms. The van der Waals surface area contributed by atoms with E-state index in [-0.39, 0.29) is 18.8 Å². The Morgan fingerprint density at radius 3 is 2.69 bits per heavy atom. The minimum Gasteiger partial charge on any atom is -0.497 e.